The van der Waals surface area contributed by atoms with Crippen LogP contribution in [-0.2, 0) is 9.53 Å². The van der Waals surface area contributed by atoms with Crippen LogP contribution in [0.3, 0.4) is 0 Å². The number of fused-ring (bicyclic) bond motifs is 3. The standard InChI is InChI=1S/C27H24N2O4S/c1-31-17-12-13-24-21(15-17)28-27(34-24)29(16-18-7-6-14-32-18)26(30)25-19-8-2-4-10-22(19)33-23-11-5-3-9-20(23)25/h2-5,8-13,15,18,25H,6-7,14,16H2,1H3. The van der Waals surface area contributed by atoms with Crippen LogP contribution >= 0.6 is 11.3 Å². The third kappa shape index (κ3) is 3.71. The van der Waals surface area contributed by atoms with Crippen LogP contribution in [0.25, 0.3) is 10.2 Å². The molecule has 2 aliphatic rings. The van der Waals surface area contributed by atoms with E-state index in [2.05, 4.69) is 0 Å². The summed E-state index contributed by atoms with van der Waals surface area (Å²) in [5, 5.41) is 0.671. The molecule has 7 heteroatoms. The fourth-order valence-electron chi connectivity index (χ4n) is 4.72. The van der Waals surface area contributed by atoms with Gasteiger partial charge in [0.05, 0.1) is 35.9 Å². The zero-order chi connectivity index (χ0) is 23.1. The van der Waals surface area contributed by atoms with Gasteiger partial charge in [0.2, 0.25) is 5.91 Å². The monoisotopic (exact) mass is 472 g/mol. The Hall–Kier alpha value is -3.42. The SMILES string of the molecule is COc1ccc2sc(N(CC3CCCO3)C(=O)C3c4ccccc4Oc4ccccc43)nc2c1. The fourth-order valence-corrected chi connectivity index (χ4v) is 5.68. The van der Waals surface area contributed by atoms with Crippen LogP contribution in [0.2, 0.25) is 0 Å². The number of methoxy groups -OCH3 is 1. The largest absolute Gasteiger partial charge is 0.497 e. The quantitative estimate of drug-likeness (QED) is 0.370. The second-order valence-corrected chi connectivity index (χ2v) is 9.53. The molecule has 4 aromatic rings. The molecule has 1 unspecified atom stereocenters. The van der Waals surface area contributed by atoms with E-state index in [0.29, 0.717) is 23.2 Å². The Morgan fingerprint density at radius 1 is 1.09 bits per heavy atom. The average molecular weight is 473 g/mol. The predicted octanol–water partition coefficient (Wildman–Crippen LogP) is 5.75. The van der Waals surface area contributed by atoms with Crippen molar-refractivity contribution >= 4 is 32.6 Å². The molecular weight excluding hydrogens is 448 g/mol. The fraction of sp³-hybridized carbons (Fsp3) is 0.259. The van der Waals surface area contributed by atoms with Crippen molar-refractivity contribution in [2.24, 2.45) is 0 Å². The predicted molar refractivity (Wildman–Crippen MR) is 132 cm³/mol. The Morgan fingerprint density at radius 2 is 1.82 bits per heavy atom. The van der Waals surface area contributed by atoms with Gasteiger partial charge in [-0.1, -0.05) is 47.7 Å². The number of aromatic nitrogens is 1. The summed E-state index contributed by atoms with van der Waals surface area (Å²) in [5.41, 5.74) is 2.55. The van der Waals surface area contributed by atoms with E-state index < -0.39 is 5.92 Å². The van der Waals surface area contributed by atoms with Gasteiger partial charge in [-0.2, -0.15) is 0 Å². The molecule has 1 amide bonds. The highest BCUT2D eigenvalue weighted by Gasteiger charge is 2.37. The molecule has 3 aromatic carbocycles. The zero-order valence-corrected chi connectivity index (χ0v) is 19.6. The Labute approximate surface area is 201 Å². The third-order valence-electron chi connectivity index (χ3n) is 6.42. The van der Waals surface area contributed by atoms with Crippen molar-refractivity contribution in [3.63, 3.8) is 0 Å². The molecule has 1 atom stereocenters. The van der Waals surface area contributed by atoms with E-state index in [-0.39, 0.29) is 12.0 Å². The summed E-state index contributed by atoms with van der Waals surface area (Å²) in [5.74, 6) is 1.67. The number of amides is 1. The Bertz CT molecular complexity index is 1320. The molecule has 1 saturated heterocycles. The van der Waals surface area contributed by atoms with E-state index in [1.807, 2.05) is 71.6 Å². The third-order valence-corrected chi connectivity index (χ3v) is 7.48. The number of thiazole rings is 1. The number of carbonyl (C=O) groups excluding carboxylic acids is 1. The molecule has 1 fully saturated rings. The first kappa shape index (κ1) is 21.1. The Morgan fingerprint density at radius 3 is 2.50 bits per heavy atom. The van der Waals surface area contributed by atoms with E-state index in [9.17, 15) is 4.79 Å². The molecule has 0 spiro atoms. The van der Waals surface area contributed by atoms with Crippen LogP contribution in [0, 0.1) is 0 Å². The van der Waals surface area contributed by atoms with Gasteiger partial charge in [0, 0.05) is 23.8 Å². The van der Waals surface area contributed by atoms with Crippen molar-refractivity contribution in [1.82, 2.24) is 4.98 Å². The summed E-state index contributed by atoms with van der Waals surface area (Å²) in [6.45, 7) is 1.20. The van der Waals surface area contributed by atoms with Gasteiger partial charge in [-0.15, -0.1) is 0 Å². The van der Waals surface area contributed by atoms with Gasteiger partial charge in [0.15, 0.2) is 5.13 Å². The maximum atomic E-state index is 14.4. The maximum Gasteiger partial charge on any atom is 0.241 e. The van der Waals surface area contributed by atoms with Crippen LogP contribution < -0.4 is 14.4 Å². The van der Waals surface area contributed by atoms with Gasteiger partial charge in [0.25, 0.3) is 0 Å². The van der Waals surface area contributed by atoms with Crippen LogP contribution in [0.1, 0.15) is 29.9 Å². The number of hydrogen-bond acceptors (Lipinski definition) is 6. The van der Waals surface area contributed by atoms with Gasteiger partial charge in [0.1, 0.15) is 17.2 Å². The van der Waals surface area contributed by atoms with E-state index in [0.717, 1.165) is 46.5 Å². The topological polar surface area (TPSA) is 60.9 Å². The number of benzene rings is 3. The van der Waals surface area contributed by atoms with Gasteiger partial charge in [-0.05, 0) is 37.1 Å². The number of nitrogens with zero attached hydrogens (tertiary/aromatic N) is 2. The van der Waals surface area contributed by atoms with Gasteiger partial charge in [-0.3, -0.25) is 9.69 Å². The molecule has 0 saturated carbocycles. The Kier molecular flexibility index (Phi) is 5.43. The molecule has 0 radical (unpaired) electrons. The van der Waals surface area contributed by atoms with E-state index in [1.165, 1.54) is 11.3 Å². The number of rotatable bonds is 5. The number of anilines is 1. The molecule has 6 nitrogen and oxygen atoms in total. The second kappa shape index (κ2) is 8.74. The summed E-state index contributed by atoms with van der Waals surface area (Å²) in [6, 6.07) is 21.4. The summed E-state index contributed by atoms with van der Waals surface area (Å²) in [7, 11) is 1.64. The first-order valence-corrected chi connectivity index (χ1v) is 12.3. The minimum absolute atomic E-state index is 0.00386. The average Bonchev–Trinajstić information content (AvgIpc) is 3.54. The normalized spacial score (nSPS) is 17.1. The molecular formula is C27H24N2O4S. The lowest BCUT2D eigenvalue weighted by molar-refractivity contribution is -0.119. The van der Waals surface area contributed by atoms with Gasteiger partial charge >= 0.3 is 0 Å². The van der Waals surface area contributed by atoms with Gasteiger partial charge in [-0.25, -0.2) is 4.98 Å². The van der Waals surface area contributed by atoms with Crippen molar-refractivity contribution in [2.45, 2.75) is 24.9 Å². The summed E-state index contributed by atoms with van der Waals surface area (Å²) in [6.07, 6.45) is 1.94. The van der Waals surface area contributed by atoms with E-state index in [1.54, 1.807) is 7.11 Å². The molecule has 1 aromatic heterocycles. The van der Waals surface area contributed by atoms with Crippen LogP contribution in [0.5, 0.6) is 17.2 Å². The molecule has 34 heavy (non-hydrogen) atoms. The van der Waals surface area contributed by atoms with E-state index in [4.69, 9.17) is 19.2 Å². The number of hydrogen-bond donors (Lipinski definition) is 0. The first-order valence-electron chi connectivity index (χ1n) is 11.4. The second-order valence-electron chi connectivity index (χ2n) is 8.52. The summed E-state index contributed by atoms with van der Waals surface area (Å²) < 4.78 is 18.4. The molecule has 2 aliphatic heterocycles. The highest BCUT2D eigenvalue weighted by atomic mass is 32.1. The lowest BCUT2D eigenvalue weighted by Crippen LogP contribution is -2.41. The summed E-state index contributed by atoms with van der Waals surface area (Å²) in [4.78, 5) is 21.0. The van der Waals surface area contributed by atoms with Crippen molar-refractivity contribution in [3.05, 3.63) is 77.9 Å². The van der Waals surface area contributed by atoms with Gasteiger partial charge < -0.3 is 14.2 Å². The highest BCUT2D eigenvalue weighted by Crippen LogP contribution is 2.45. The van der Waals surface area contributed by atoms with Crippen LogP contribution in [0.4, 0.5) is 5.13 Å². The molecule has 6 rings (SSSR count). The van der Waals surface area contributed by atoms with Crippen molar-refractivity contribution in [1.29, 1.82) is 0 Å². The van der Waals surface area contributed by atoms with E-state index >= 15 is 0 Å². The van der Waals surface area contributed by atoms with Crippen LogP contribution in [-0.4, -0.2) is 37.3 Å². The highest BCUT2D eigenvalue weighted by molar-refractivity contribution is 7.22. The smallest absolute Gasteiger partial charge is 0.241 e. The minimum atomic E-state index is -0.482. The lowest BCUT2D eigenvalue weighted by Gasteiger charge is -2.32. The maximum absolute atomic E-state index is 14.4. The first-order chi connectivity index (χ1) is 16.7. The Balaban J connectivity index is 1.45. The molecule has 0 bridgehead atoms. The molecule has 0 aliphatic carbocycles. The number of para-hydroxylation sites is 2. The van der Waals surface area contributed by atoms with Crippen molar-refractivity contribution in [2.75, 3.05) is 25.2 Å². The van der Waals surface area contributed by atoms with Crippen LogP contribution in [0.15, 0.2) is 66.7 Å². The lowest BCUT2D eigenvalue weighted by atomic mass is 9.87. The summed E-state index contributed by atoms with van der Waals surface area (Å²) >= 11 is 1.51. The number of carbonyl (C=O) groups is 1. The van der Waals surface area contributed by atoms with Crippen molar-refractivity contribution in [3.8, 4) is 17.2 Å². The van der Waals surface area contributed by atoms with Crippen molar-refractivity contribution < 1.29 is 19.0 Å². The molecule has 3 heterocycles. The zero-order valence-electron chi connectivity index (χ0n) is 18.8. The minimum Gasteiger partial charge on any atom is -0.497 e. The molecule has 0 N–H and O–H groups in total. The number of ether oxygens (including phenoxy) is 3. The molecule has 172 valence electrons.